The molecule has 1 aromatic carbocycles. The van der Waals surface area contributed by atoms with Crippen molar-refractivity contribution >= 4 is 17.2 Å². The van der Waals surface area contributed by atoms with Crippen LogP contribution in [-0.2, 0) is 6.54 Å². The molecule has 0 aliphatic carbocycles. The van der Waals surface area contributed by atoms with Gasteiger partial charge in [-0.3, -0.25) is 9.69 Å². The molecule has 132 valence electrons. The molecular formula is C19H22FN3OS. The van der Waals surface area contributed by atoms with E-state index in [1.165, 1.54) is 12.1 Å². The molecule has 2 saturated heterocycles. The van der Waals surface area contributed by atoms with Gasteiger partial charge in [0.15, 0.2) is 0 Å². The first-order valence-corrected chi connectivity index (χ1v) is 9.67. The molecule has 4 rings (SSSR count). The smallest absolute Gasteiger partial charge is 0.253 e. The third kappa shape index (κ3) is 3.60. The Morgan fingerprint density at radius 2 is 2.20 bits per heavy atom. The highest BCUT2D eigenvalue weighted by atomic mass is 32.1. The molecule has 1 amide bonds. The van der Waals surface area contributed by atoms with Crippen molar-refractivity contribution in [2.24, 2.45) is 5.41 Å². The summed E-state index contributed by atoms with van der Waals surface area (Å²) in [4.78, 5) is 21.5. The molecule has 2 aromatic rings. The van der Waals surface area contributed by atoms with Crippen LogP contribution in [0, 0.1) is 11.2 Å². The van der Waals surface area contributed by atoms with Crippen molar-refractivity contribution < 1.29 is 9.18 Å². The first-order chi connectivity index (χ1) is 12.1. The van der Waals surface area contributed by atoms with Crippen molar-refractivity contribution in [3.8, 4) is 0 Å². The molecule has 0 bridgehead atoms. The Morgan fingerprint density at radius 1 is 1.28 bits per heavy atom. The summed E-state index contributed by atoms with van der Waals surface area (Å²) >= 11 is 1.70. The molecule has 2 fully saturated rings. The number of nitrogens with zero attached hydrogens (tertiary/aromatic N) is 3. The second-order valence-electron chi connectivity index (χ2n) is 7.23. The van der Waals surface area contributed by atoms with Gasteiger partial charge in [0.2, 0.25) is 0 Å². The molecule has 6 heteroatoms. The third-order valence-electron chi connectivity index (χ3n) is 5.38. The van der Waals surface area contributed by atoms with Crippen LogP contribution in [0.5, 0.6) is 0 Å². The fourth-order valence-electron chi connectivity index (χ4n) is 4.20. The Bertz CT molecular complexity index is 751. The van der Waals surface area contributed by atoms with Crippen LogP contribution in [0.1, 0.15) is 34.6 Å². The Hall–Kier alpha value is -1.79. The topological polar surface area (TPSA) is 36.4 Å². The van der Waals surface area contributed by atoms with E-state index in [0.717, 1.165) is 57.0 Å². The molecule has 2 aliphatic heterocycles. The maximum absolute atomic E-state index is 13.4. The van der Waals surface area contributed by atoms with Crippen LogP contribution in [0.15, 0.2) is 35.8 Å². The first-order valence-electron chi connectivity index (χ1n) is 8.79. The van der Waals surface area contributed by atoms with E-state index < -0.39 is 0 Å². The number of thiazole rings is 1. The van der Waals surface area contributed by atoms with Crippen LogP contribution in [0.2, 0.25) is 0 Å². The van der Waals surface area contributed by atoms with Gasteiger partial charge < -0.3 is 4.90 Å². The number of carbonyl (C=O) groups is 1. The monoisotopic (exact) mass is 359 g/mol. The maximum atomic E-state index is 13.4. The van der Waals surface area contributed by atoms with E-state index in [4.69, 9.17) is 0 Å². The van der Waals surface area contributed by atoms with Gasteiger partial charge in [-0.05, 0) is 44.0 Å². The molecular weight excluding hydrogens is 337 g/mol. The summed E-state index contributed by atoms with van der Waals surface area (Å²) in [6.45, 7) is 4.51. The summed E-state index contributed by atoms with van der Waals surface area (Å²) in [5, 5.41) is 3.17. The molecule has 1 atom stereocenters. The zero-order valence-electron chi connectivity index (χ0n) is 14.2. The van der Waals surface area contributed by atoms with Crippen LogP contribution < -0.4 is 0 Å². The highest BCUT2D eigenvalue weighted by Crippen LogP contribution is 2.39. The molecule has 2 aliphatic rings. The Balaban J connectivity index is 1.43. The van der Waals surface area contributed by atoms with Gasteiger partial charge in [-0.25, -0.2) is 9.37 Å². The third-order valence-corrected chi connectivity index (χ3v) is 6.14. The van der Waals surface area contributed by atoms with Crippen molar-refractivity contribution in [3.63, 3.8) is 0 Å². The number of benzene rings is 1. The van der Waals surface area contributed by atoms with Crippen molar-refractivity contribution in [1.82, 2.24) is 14.8 Å². The van der Waals surface area contributed by atoms with Gasteiger partial charge in [0.1, 0.15) is 10.8 Å². The van der Waals surface area contributed by atoms with Gasteiger partial charge in [0.25, 0.3) is 5.91 Å². The lowest BCUT2D eigenvalue weighted by Crippen LogP contribution is -2.47. The summed E-state index contributed by atoms with van der Waals surface area (Å²) in [7, 11) is 0. The lowest BCUT2D eigenvalue weighted by atomic mass is 9.79. The number of rotatable bonds is 3. The first kappa shape index (κ1) is 16.7. The van der Waals surface area contributed by atoms with Gasteiger partial charge in [0.05, 0.1) is 6.54 Å². The van der Waals surface area contributed by atoms with Crippen molar-refractivity contribution in [2.75, 3.05) is 26.2 Å². The summed E-state index contributed by atoms with van der Waals surface area (Å²) in [5.74, 6) is -0.398. The number of likely N-dealkylation sites (tertiary alicyclic amines) is 2. The summed E-state index contributed by atoms with van der Waals surface area (Å²) in [6, 6.07) is 6.03. The summed E-state index contributed by atoms with van der Waals surface area (Å²) < 4.78 is 13.4. The molecule has 4 nitrogen and oxygen atoms in total. The van der Waals surface area contributed by atoms with E-state index in [9.17, 15) is 9.18 Å². The van der Waals surface area contributed by atoms with Gasteiger partial charge in [0, 0.05) is 42.2 Å². The predicted octanol–water partition coefficient (Wildman–Crippen LogP) is 3.41. The van der Waals surface area contributed by atoms with Crippen LogP contribution in [0.3, 0.4) is 0 Å². The lowest BCUT2D eigenvalue weighted by Gasteiger charge is -2.40. The zero-order chi connectivity index (χ0) is 17.3. The number of amides is 1. The van der Waals surface area contributed by atoms with E-state index >= 15 is 0 Å². The molecule has 0 saturated carbocycles. The highest BCUT2D eigenvalue weighted by Gasteiger charge is 2.42. The maximum Gasteiger partial charge on any atom is 0.253 e. The second-order valence-corrected chi connectivity index (χ2v) is 8.21. The molecule has 3 heterocycles. The molecule has 1 aromatic heterocycles. The van der Waals surface area contributed by atoms with Gasteiger partial charge >= 0.3 is 0 Å². The predicted molar refractivity (Wildman–Crippen MR) is 96.0 cm³/mol. The van der Waals surface area contributed by atoms with Crippen LogP contribution in [-0.4, -0.2) is 46.9 Å². The molecule has 0 unspecified atom stereocenters. The lowest BCUT2D eigenvalue weighted by molar-refractivity contribution is 0.0526. The summed E-state index contributed by atoms with van der Waals surface area (Å²) in [6.07, 6.45) is 5.15. The number of hydrogen-bond donors (Lipinski definition) is 0. The second kappa shape index (κ2) is 6.84. The number of halogens is 1. The minimum Gasteiger partial charge on any atom is -0.338 e. The van der Waals surface area contributed by atoms with Crippen molar-refractivity contribution in [2.45, 2.75) is 25.8 Å². The van der Waals surface area contributed by atoms with E-state index in [-0.39, 0.29) is 17.1 Å². The number of hydrogen-bond acceptors (Lipinski definition) is 4. The average molecular weight is 359 g/mol. The minimum absolute atomic E-state index is 0.0445. The average Bonchev–Trinajstić information content (AvgIpc) is 3.25. The van der Waals surface area contributed by atoms with Crippen molar-refractivity contribution in [3.05, 3.63) is 52.2 Å². The van der Waals surface area contributed by atoms with E-state index in [2.05, 4.69) is 9.88 Å². The van der Waals surface area contributed by atoms with Crippen LogP contribution in [0.25, 0.3) is 0 Å². The quantitative estimate of drug-likeness (QED) is 0.843. The van der Waals surface area contributed by atoms with E-state index in [0.29, 0.717) is 5.56 Å². The number of aromatic nitrogens is 1. The normalized spacial score (nSPS) is 24.1. The van der Waals surface area contributed by atoms with Crippen LogP contribution in [0.4, 0.5) is 4.39 Å². The molecule has 0 N–H and O–H groups in total. The van der Waals surface area contributed by atoms with Crippen molar-refractivity contribution in [1.29, 1.82) is 0 Å². The van der Waals surface area contributed by atoms with Crippen LogP contribution >= 0.6 is 11.3 Å². The highest BCUT2D eigenvalue weighted by molar-refractivity contribution is 7.09. The SMILES string of the molecule is O=C(c1cccc(F)c1)N1CCC[C@@]2(CCN(Cc3nccs3)C2)C1. The number of carbonyl (C=O) groups excluding carboxylic acids is 1. The minimum atomic E-state index is -0.354. The summed E-state index contributed by atoms with van der Waals surface area (Å²) in [5.41, 5.74) is 0.632. The van der Waals surface area contributed by atoms with Gasteiger partial charge in [-0.15, -0.1) is 11.3 Å². The fraction of sp³-hybridized carbons (Fsp3) is 0.474. The van der Waals surface area contributed by atoms with Gasteiger partial charge in [-0.1, -0.05) is 6.07 Å². The molecule has 25 heavy (non-hydrogen) atoms. The van der Waals surface area contributed by atoms with E-state index in [1.807, 2.05) is 16.5 Å². The molecule has 0 radical (unpaired) electrons. The fourth-order valence-corrected chi connectivity index (χ4v) is 4.86. The Kier molecular flexibility index (Phi) is 4.56. The van der Waals surface area contributed by atoms with E-state index in [1.54, 1.807) is 23.5 Å². The standard InChI is InChI=1S/C19H22FN3OS/c20-16-4-1-3-15(11-16)18(24)23-8-2-5-19(14-23)6-9-22(13-19)12-17-21-7-10-25-17/h1,3-4,7,10-11H,2,5-6,8-9,12-14H2/t19-/m0/s1. The Morgan fingerprint density at radius 3 is 3.00 bits per heavy atom. The molecule has 1 spiro atoms. The Labute approximate surface area is 151 Å². The largest absolute Gasteiger partial charge is 0.338 e. The number of piperidine rings is 1. The zero-order valence-corrected chi connectivity index (χ0v) is 15.0. The van der Waals surface area contributed by atoms with Gasteiger partial charge in [-0.2, -0.15) is 0 Å².